The summed E-state index contributed by atoms with van der Waals surface area (Å²) in [6, 6.07) is 16.1. The number of hydrogen-bond donors (Lipinski definition) is 0. The summed E-state index contributed by atoms with van der Waals surface area (Å²) in [6.45, 7) is 0.657. The zero-order chi connectivity index (χ0) is 15.1. The van der Waals surface area contributed by atoms with Crippen LogP contribution < -0.4 is 0 Å². The zero-order valence-electron chi connectivity index (χ0n) is 11.7. The molecule has 106 valence electrons. The van der Waals surface area contributed by atoms with Crippen LogP contribution in [0.1, 0.15) is 27.0 Å². The van der Waals surface area contributed by atoms with Gasteiger partial charge in [0.2, 0.25) is 0 Å². The average molecular weight is 281 g/mol. The normalized spacial score (nSPS) is 9.90. The number of carbonyl (C=O) groups excluding carboxylic acids is 1. The summed E-state index contributed by atoms with van der Waals surface area (Å²) >= 11 is 0. The summed E-state index contributed by atoms with van der Waals surface area (Å²) in [7, 11) is 1.62. The second-order valence-corrected chi connectivity index (χ2v) is 4.52. The van der Waals surface area contributed by atoms with Gasteiger partial charge in [-0.1, -0.05) is 24.3 Å². The van der Waals surface area contributed by atoms with Crippen molar-refractivity contribution in [3.05, 3.63) is 70.8 Å². The van der Waals surface area contributed by atoms with Crippen molar-refractivity contribution in [2.75, 3.05) is 7.11 Å². The lowest BCUT2D eigenvalue weighted by molar-refractivity contribution is 0.0472. The van der Waals surface area contributed by atoms with Crippen molar-refractivity contribution in [3.8, 4) is 6.07 Å². The van der Waals surface area contributed by atoms with Gasteiger partial charge in [-0.25, -0.2) is 4.79 Å². The molecule has 4 nitrogen and oxygen atoms in total. The third-order valence-electron chi connectivity index (χ3n) is 2.93. The van der Waals surface area contributed by atoms with Crippen LogP contribution in [0.3, 0.4) is 0 Å². The Hall–Kier alpha value is -2.64. The third kappa shape index (κ3) is 4.16. The first-order valence-electron chi connectivity index (χ1n) is 6.47. The molecule has 0 aliphatic rings. The number of carbonyl (C=O) groups is 1. The van der Waals surface area contributed by atoms with Gasteiger partial charge < -0.3 is 9.47 Å². The van der Waals surface area contributed by atoms with Crippen molar-refractivity contribution < 1.29 is 14.3 Å². The number of esters is 1. The van der Waals surface area contributed by atoms with Crippen LogP contribution in [0.4, 0.5) is 0 Å². The quantitative estimate of drug-likeness (QED) is 0.790. The van der Waals surface area contributed by atoms with E-state index in [0.29, 0.717) is 17.7 Å². The van der Waals surface area contributed by atoms with Crippen LogP contribution in [-0.2, 0) is 22.7 Å². The number of benzene rings is 2. The highest BCUT2D eigenvalue weighted by Crippen LogP contribution is 2.10. The molecular weight excluding hydrogens is 266 g/mol. The Kier molecular flexibility index (Phi) is 5.08. The molecule has 0 aliphatic heterocycles. The lowest BCUT2D eigenvalue weighted by Gasteiger charge is -2.06. The minimum absolute atomic E-state index is 0.147. The molecule has 2 rings (SSSR count). The largest absolute Gasteiger partial charge is 0.457 e. The van der Waals surface area contributed by atoms with E-state index < -0.39 is 0 Å². The van der Waals surface area contributed by atoms with Crippen molar-refractivity contribution in [1.29, 1.82) is 5.26 Å². The smallest absolute Gasteiger partial charge is 0.338 e. The van der Waals surface area contributed by atoms with Gasteiger partial charge in [0.05, 0.1) is 23.8 Å². The van der Waals surface area contributed by atoms with Crippen molar-refractivity contribution in [3.63, 3.8) is 0 Å². The van der Waals surface area contributed by atoms with Gasteiger partial charge in [-0.2, -0.15) is 5.26 Å². The fourth-order valence-corrected chi connectivity index (χ4v) is 1.87. The molecule has 2 aromatic rings. The van der Waals surface area contributed by atoms with Crippen molar-refractivity contribution in [1.82, 2.24) is 0 Å². The number of ether oxygens (including phenoxy) is 2. The second-order valence-electron chi connectivity index (χ2n) is 4.52. The van der Waals surface area contributed by atoms with Crippen LogP contribution in [0.5, 0.6) is 0 Å². The first-order valence-corrected chi connectivity index (χ1v) is 6.47. The van der Waals surface area contributed by atoms with E-state index in [1.54, 1.807) is 37.4 Å². The highest BCUT2D eigenvalue weighted by molar-refractivity contribution is 5.89. The molecule has 0 saturated heterocycles. The maximum atomic E-state index is 11.9. The fourth-order valence-electron chi connectivity index (χ4n) is 1.87. The van der Waals surface area contributed by atoms with Gasteiger partial charge in [0, 0.05) is 7.11 Å². The molecule has 2 aromatic carbocycles. The Bertz CT molecular complexity index is 656. The zero-order valence-corrected chi connectivity index (χ0v) is 11.7. The standard InChI is InChI=1S/C17H15NO3/c1-20-11-13-5-7-16(8-6-13)17(19)21-12-15-4-2-3-14(9-15)10-18/h2-9H,11-12H2,1H3. The molecule has 0 heterocycles. The van der Waals surface area contributed by atoms with Crippen molar-refractivity contribution in [2.45, 2.75) is 13.2 Å². The van der Waals surface area contributed by atoms with E-state index in [2.05, 4.69) is 6.07 Å². The van der Waals surface area contributed by atoms with E-state index in [1.807, 2.05) is 18.2 Å². The summed E-state index contributed by atoms with van der Waals surface area (Å²) in [5, 5.41) is 8.82. The number of nitriles is 1. The molecule has 0 amide bonds. The molecule has 0 atom stereocenters. The lowest BCUT2D eigenvalue weighted by atomic mass is 10.1. The van der Waals surface area contributed by atoms with Gasteiger partial charge in [0.1, 0.15) is 6.61 Å². The van der Waals surface area contributed by atoms with E-state index in [1.165, 1.54) is 0 Å². The molecule has 21 heavy (non-hydrogen) atoms. The Morgan fingerprint density at radius 2 is 1.86 bits per heavy atom. The monoisotopic (exact) mass is 281 g/mol. The minimum Gasteiger partial charge on any atom is -0.457 e. The van der Waals surface area contributed by atoms with Crippen LogP contribution in [0.2, 0.25) is 0 Å². The maximum Gasteiger partial charge on any atom is 0.338 e. The topological polar surface area (TPSA) is 59.3 Å². The summed E-state index contributed by atoms with van der Waals surface area (Å²) in [5.41, 5.74) is 2.83. The van der Waals surface area contributed by atoms with E-state index in [4.69, 9.17) is 14.7 Å². The Morgan fingerprint density at radius 1 is 1.10 bits per heavy atom. The van der Waals surface area contributed by atoms with Crippen LogP contribution in [0.25, 0.3) is 0 Å². The Labute approximate surface area is 123 Å². The molecular formula is C17H15NO3. The fraction of sp³-hybridized carbons (Fsp3) is 0.176. The van der Waals surface area contributed by atoms with Gasteiger partial charge in [-0.3, -0.25) is 0 Å². The molecule has 0 aliphatic carbocycles. The molecule has 0 unspecified atom stereocenters. The van der Waals surface area contributed by atoms with Gasteiger partial charge in [-0.05, 0) is 35.4 Å². The Morgan fingerprint density at radius 3 is 2.52 bits per heavy atom. The van der Waals surface area contributed by atoms with E-state index >= 15 is 0 Å². The number of nitrogens with zero attached hydrogens (tertiary/aromatic N) is 1. The first kappa shape index (κ1) is 14.8. The van der Waals surface area contributed by atoms with Crippen LogP contribution in [0.15, 0.2) is 48.5 Å². The average Bonchev–Trinajstić information content (AvgIpc) is 2.54. The van der Waals surface area contributed by atoms with E-state index in [-0.39, 0.29) is 12.6 Å². The summed E-state index contributed by atoms with van der Waals surface area (Å²) < 4.78 is 10.2. The predicted molar refractivity (Wildman–Crippen MR) is 77.4 cm³/mol. The van der Waals surface area contributed by atoms with Crippen LogP contribution in [-0.4, -0.2) is 13.1 Å². The maximum absolute atomic E-state index is 11.9. The predicted octanol–water partition coefficient (Wildman–Crippen LogP) is 3.06. The Balaban J connectivity index is 1.96. The minimum atomic E-state index is -0.388. The second kappa shape index (κ2) is 7.22. The SMILES string of the molecule is COCc1ccc(C(=O)OCc2cccc(C#N)c2)cc1. The highest BCUT2D eigenvalue weighted by Gasteiger charge is 2.07. The number of hydrogen-bond acceptors (Lipinski definition) is 4. The molecule has 0 N–H and O–H groups in total. The summed E-state index contributed by atoms with van der Waals surface area (Å²) in [5.74, 6) is -0.388. The highest BCUT2D eigenvalue weighted by atomic mass is 16.5. The molecule has 0 fully saturated rings. The van der Waals surface area contributed by atoms with E-state index in [9.17, 15) is 4.79 Å². The number of methoxy groups -OCH3 is 1. The van der Waals surface area contributed by atoms with Crippen LogP contribution in [0, 0.1) is 11.3 Å². The molecule has 0 spiro atoms. The van der Waals surface area contributed by atoms with Gasteiger partial charge in [0.15, 0.2) is 0 Å². The van der Waals surface area contributed by atoms with E-state index in [0.717, 1.165) is 11.1 Å². The van der Waals surface area contributed by atoms with Gasteiger partial charge >= 0.3 is 5.97 Å². The molecule has 0 aromatic heterocycles. The lowest BCUT2D eigenvalue weighted by Crippen LogP contribution is -2.05. The van der Waals surface area contributed by atoms with Gasteiger partial charge in [-0.15, -0.1) is 0 Å². The molecule has 0 saturated carbocycles. The molecule has 0 radical (unpaired) electrons. The first-order chi connectivity index (χ1) is 10.2. The van der Waals surface area contributed by atoms with Crippen molar-refractivity contribution >= 4 is 5.97 Å². The third-order valence-corrected chi connectivity index (χ3v) is 2.93. The summed E-state index contributed by atoms with van der Waals surface area (Å²) in [6.07, 6.45) is 0. The molecule has 0 bridgehead atoms. The van der Waals surface area contributed by atoms with Crippen LogP contribution >= 0.6 is 0 Å². The number of rotatable bonds is 5. The molecule has 4 heteroatoms. The van der Waals surface area contributed by atoms with Crippen molar-refractivity contribution in [2.24, 2.45) is 0 Å². The van der Waals surface area contributed by atoms with Gasteiger partial charge in [0.25, 0.3) is 0 Å². The summed E-state index contributed by atoms with van der Waals surface area (Å²) in [4.78, 5) is 11.9.